The molecule has 0 unspecified atom stereocenters. The van der Waals surface area contributed by atoms with Gasteiger partial charge in [-0.25, -0.2) is 4.79 Å². The van der Waals surface area contributed by atoms with E-state index in [9.17, 15) is 9.90 Å². The van der Waals surface area contributed by atoms with Crippen molar-refractivity contribution >= 4 is 5.97 Å². The summed E-state index contributed by atoms with van der Waals surface area (Å²) in [5, 5.41) is 20.3. The number of nitrogens with zero attached hydrogens (tertiary/aromatic N) is 3. The molecule has 6 heteroatoms. The van der Waals surface area contributed by atoms with Crippen LogP contribution in [0.5, 0.6) is 0 Å². The molecule has 2 aromatic heterocycles. The largest absolute Gasteiger partial charge is 0.476 e. The highest BCUT2D eigenvalue weighted by Gasteiger charge is 2.28. The second-order valence-electron chi connectivity index (χ2n) is 4.21. The number of aromatic carboxylic acids is 1. The zero-order valence-electron chi connectivity index (χ0n) is 9.68. The third-order valence-electron chi connectivity index (χ3n) is 3.15. The van der Waals surface area contributed by atoms with Crippen LogP contribution in [-0.4, -0.2) is 31.1 Å². The van der Waals surface area contributed by atoms with Crippen molar-refractivity contribution in [1.82, 2.24) is 20.0 Å². The molecule has 0 atom stereocenters. The fourth-order valence-corrected chi connectivity index (χ4v) is 2.42. The maximum Gasteiger partial charge on any atom is 0.356 e. The molecular weight excluding hydrogens is 232 g/mol. The average molecular weight is 244 g/mol. The molecule has 0 aromatic carbocycles. The molecule has 0 spiro atoms. The van der Waals surface area contributed by atoms with E-state index in [-0.39, 0.29) is 5.69 Å². The van der Waals surface area contributed by atoms with Crippen molar-refractivity contribution in [2.45, 2.75) is 19.4 Å². The third-order valence-corrected chi connectivity index (χ3v) is 3.15. The number of rotatable bonds is 3. The summed E-state index contributed by atoms with van der Waals surface area (Å²) in [6.07, 6.45) is 4.86. The Bertz CT molecular complexity index is 639. The maximum atomic E-state index is 11.2. The molecule has 6 nitrogen and oxygen atoms in total. The van der Waals surface area contributed by atoms with Gasteiger partial charge in [-0.3, -0.25) is 9.78 Å². The molecule has 0 aliphatic heterocycles. The topological polar surface area (TPSA) is 83.8 Å². The summed E-state index contributed by atoms with van der Waals surface area (Å²) in [5.74, 6) is -0.985. The summed E-state index contributed by atoms with van der Waals surface area (Å²) >= 11 is 0. The van der Waals surface area contributed by atoms with Crippen molar-refractivity contribution in [1.29, 1.82) is 0 Å². The first-order chi connectivity index (χ1) is 8.72. The Morgan fingerprint density at radius 2 is 2.44 bits per heavy atom. The quantitative estimate of drug-likeness (QED) is 0.796. The first-order valence-corrected chi connectivity index (χ1v) is 5.69. The number of aromatic nitrogens is 4. The highest BCUT2D eigenvalue weighted by Crippen LogP contribution is 2.34. The maximum absolute atomic E-state index is 11.2. The van der Waals surface area contributed by atoms with E-state index in [1.54, 1.807) is 17.0 Å². The van der Waals surface area contributed by atoms with E-state index in [1.165, 1.54) is 0 Å². The zero-order chi connectivity index (χ0) is 12.7. The van der Waals surface area contributed by atoms with Gasteiger partial charge in [-0.05, 0) is 12.8 Å². The van der Waals surface area contributed by atoms with Crippen LogP contribution in [0, 0.1) is 0 Å². The Morgan fingerprint density at radius 3 is 3.17 bits per heavy atom. The van der Waals surface area contributed by atoms with E-state index in [0.29, 0.717) is 13.0 Å². The Morgan fingerprint density at radius 1 is 1.61 bits per heavy atom. The fourth-order valence-electron chi connectivity index (χ4n) is 2.42. The van der Waals surface area contributed by atoms with Crippen molar-refractivity contribution in [3.05, 3.63) is 35.8 Å². The van der Waals surface area contributed by atoms with Gasteiger partial charge in [0.2, 0.25) is 0 Å². The summed E-state index contributed by atoms with van der Waals surface area (Å²) in [4.78, 5) is 11.2. The monoisotopic (exact) mass is 244 g/mol. The first kappa shape index (κ1) is 10.8. The molecule has 1 aliphatic carbocycles. The molecule has 0 radical (unpaired) electrons. The average Bonchev–Trinajstić information content (AvgIpc) is 2.92. The third kappa shape index (κ3) is 1.38. The van der Waals surface area contributed by atoms with Crippen LogP contribution in [0.1, 0.15) is 21.7 Å². The van der Waals surface area contributed by atoms with Gasteiger partial charge in [-0.15, -0.1) is 6.58 Å². The predicted molar refractivity (Wildman–Crippen MR) is 64.4 cm³/mol. The van der Waals surface area contributed by atoms with Gasteiger partial charge < -0.3 is 5.11 Å². The van der Waals surface area contributed by atoms with Gasteiger partial charge in [-0.1, -0.05) is 6.08 Å². The molecule has 18 heavy (non-hydrogen) atoms. The lowest BCUT2D eigenvalue weighted by Crippen LogP contribution is -2.07. The predicted octanol–water partition coefficient (Wildman–Crippen LogP) is 1.26. The lowest BCUT2D eigenvalue weighted by atomic mass is 9.94. The Balaban J connectivity index is 2.26. The van der Waals surface area contributed by atoms with Gasteiger partial charge in [-0.2, -0.15) is 10.2 Å². The summed E-state index contributed by atoms with van der Waals surface area (Å²) in [6.45, 7) is 4.16. The number of aromatic amines is 1. The van der Waals surface area contributed by atoms with E-state index in [4.69, 9.17) is 0 Å². The number of nitrogens with one attached hydrogen (secondary N) is 1. The summed E-state index contributed by atoms with van der Waals surface area (Å²) in [7, 11) is 0. The molecule has 2 heterocycles. The van der Waals surface area contributed by atoms with E-state index in [2.05, 4.69) is 21.9 Å². The summed E-state index contributed by atoms with van der Waals surface area (Å²) in [5.41, 5.74) is 3.75. The molecule has 3 rings (SSSR count). The van der Waals surface area contributed by atoms with Crippen LogP contribution >= 0.6 is 0 Å². The standard InChI is InChI=1S/C12H12N4O2/c1-2-5-16-11-7(10(15-16)12(17)18)3-4-9-8(11)6-13-14-9/h2,6H,1,3-5H2,(H,13,14)(H,17,18). The number of carbonyl (C=O) groups is 1. The lowest BCUT2D eigenvalue weighted by Gasteiger charge is -2.13. The van der Waals surface area contributed by atoms with Crippen LogP contribution in [0.25, 0.3) is 11.3 Å². The number of carboxylic acids is 1. The molecular formula is C12H12N4O2. The first-order valence-electron chi connectivity index (χ1n) is 5.69. The highest BCUT2D eigenvalue weighted by molar-refractivity contribution is 5.90. The normalized spacial score (nSPS) is 12.9. The lowest BCUT2D eigenvalue weighted by molar-refractivity contribution is 0.0688. The minimum atomic E-state index is -0.985. The molecule has 0 amide bonds. The number of H-pyrrole nitrogens is 1. The van der Waals surface area contributed by atoms with Gasteiger partial charge in [0.1, 0.15) is 0 Å². The smallest absolute Gasteiger partial charge is 0.356 e. The SMILES string of the molecule is C=CCn1nc(C(=O)O)c2c1-c1cn[nH]c1CC2. The Hall–Kier alpha value is -2.37. The molecule has 92 valence electrons. The number of allylic oxidation sites excluding steroid dienone is 1. The van der Waals surface area contributed by atoms with Crippen molar-refractivity contribution < 1.29 is 9.90 Å². The summed E-state index contributed by atoms with van der Waals surface area (Å²) in [6, 6.07) is 0. The molecule has 2 aromatic rings. The van der Waals surface area contributed by atoms with E-state index in [0.717, 1.165) is 28.9 Å². The number of aryl methyl sites for hydroxylation is 1. The van der Waals surface area contributed by atoms with Crippen molar-refractivity contribution in [2.24, 2.45) is 0 Å². The fraction of sp³-hybridized carbons (Fsp3) is 0.250. The molecule has 0 saturated heterocycles. The van der Waals surface area contributed by atoms with Gasteiger partial charge in [0.15, 0.2) is 5.69 Å². The summed E-state index contributed by atoms with van der Waals surface area (Å²) < 4.78 is 1.68. The Labute approximate surface area is 103 Å². The van der Waals surface area contributed by atoms with Gasteiger partial charge >= 0.3 is 5.97 Å². The number of hydrogen-bond acceptors (Lipinski definition) is 3. The van der Waals surface area contributed by atoms with E-state index in [1.807, 2.05) is 0 Å². The zero-order valence-corrected chi connectivity index (χ0v) is 9.68. The van der Waals surface area contributed by atoms with Crippen molar-refractivity contribution in [3.8, 4) is 11.3 Å². The second kappa shape index (κ2) is 3.83. The molecule has 1 aliphatic rings. The van der Waals surface area contributed by atoms with E-state index >= 15 is 0 Å². The van der Waals surface area contributed by atoms with Crippen LogP contribution in [0.3, 0.4) is 0 Å². The number of carboxylic acid groups (broad SMARTS) is 1. The molecule has 0 saturated carbocycles. The van der Waals surface area contributed by atoms with Crippen molar-refractivity contribution in [3.63, 3.8) is 0 Å². The van der Waals surface area contributed by atoms with Crippen LogP contribution in [0.15, 0.2) is 18.9 Å². The highest BCUT2D eigenvalue weighted by atomic mass is 16.4. The molecule has 0 bridgehead atoms. The molecule has 2 N–H and O–H groups in total. The minimum absolute atomic E-state index is 0.138. The van der Waals surface area contributed by atoms with Crippen LogP contribution in [0.2, 0.25) is 0 Å². The van der Waals surface area contributed by atoms with Crippen LogP contribution < -0.4 is 0 Å². The van der Waals surface area contributed by atoms with Gasteiger partial charge in [0.25, 0.3) is 0 Å². The number of fused-ring (bicyclic) bond motifs is 3. The van der Waals surface area contributed by atoms with Gasteiger partial charge in [0.05, 0.1) is 18.4 Å². The minimum Gasteiger partial charge on any atom is -0.476 e. The van der Waals surface area contributed by atoms with Crippen LogP contribution in [-0.2, 0) is 19.4 Å². The van der Waals surface area contributed by atoms with Gasteiger partial charge in [0, 0.05) is 16.8 Å². The molecule has 0 fully saturated rings. The van der Waals surface area contributed by atoms with E-state index < -0.39 is 5.97 Å². The van der Waals surface area contributed by atoms with Crippen molar-refractivity contribution in [2.75, 3.05) is 0 Å². The Kier molecular flexibility index (Phi) is 2.29. The second-order valence-corrected chi connectivity index (χ2v) is 4.21. The number of hydrogen-bond donors (Lipinski definition) is 2. The van der Waals surface area contributed by atoms with Crippen LogP contribution in [0.4, 0.5) is 0 Å².